The number of aliphatic hydroxyl groups excluding tert-OH is 1. The van der Waals surface area contributed by atoms with Gasteiger partial charge in [-0.1, -0.05) is 6.42 Å². The van der Waals surface area contributed by atoms with Crippen LogP contribution in [0.5, 0.6) is 0 Å². The van der Waals surface area contributed by atoms with Crippen molar-refractivity contribution in [1.29, 1.82) is 0 Å². The maximum atomic E-state index is 9.21. The molecular weight excluding hydrogens is 188 g/mol. The SMILES string of the molecule is CNC(CO)CN1CCCC2CCCC21. The van der Waals surface area contributed by atoms with Gasteiger partial charge in [-0.15, -0.1) is 0 Å². The number of nitrogens with one attached hydrogen (secondary N) is 1. The van der Waals surface area contributed by atoms with Crippen molar-refractivity contribution in [2.75, 3.05) is 26.7 Å². The molecule has 3 unspecified atom stereocenters. The summed E-state index contributed by atoms with van der Waals surface area (Å²) in [5, 5.41) is 12.4. The first-order valence-corrected chi connectivity index (χ1v) is 6.37. The lowest BCUT2D eigenvalue weighted by Crippen LogP contribution is -2.49. The number of aliphatic hydroxyl groups is 1. The zero-order chi connectivity index (χ0) is 10.7. The number of likely N-dealkylation sites (N-methyl/N-ethyl adjacent to an activating group) is 1. The molecule has 1 heterocycles. The van der Waals surface area contributed by atoms with Crippen LogP contribution in [-0.2, 0) is 0 Å². The summed E-state index contributed by atoms with van der Waals surface area (Å²) in [4.78, 5) is 2.61. The maximum absolute atomic E-state index is 9.21. The molecule has 0 aromatic heterocycles. The molecule has 2 fully saturated rings. The number of nitrogens with zero attached hydrogens (tertiary/aromatic N) is 1. The summed E-state index contributed by atoms with van der Waals surface area (Å²) in [7, 11) is 1.94. The van der Waals surface area contributed by atoms with Crippen molar-refractivity contribution in [2.45, 2.75) is 44.2 Å². The number of likely N-dealkylation sites (tertiary alicyclic amines) is 1. The predicted molar refractivity (Wildman–Crippen MR) is 61.9 cm³/mol. The number of hydrogen-bond acceptors (Lipinski definition) is 3. The molecule has 15 heavy (non-hydrogen) atoms. The zero-order valence-electron chi connectivity index (χ0n) is 9.78. The lowest BCUT2D eigenvalue weighted by molar-refractivity contribution is 0.0898. The van der Waals surface area contributed by atoms with Crippen LogP contribution in [0.2, 0.25) is 0 Å². The Morgan fingerprint density at radius 3 is 2.87 bits per heavy atom. The van der Waals surface area contributed by atoms with Crippen molar-refractivity contribution < 1.29 is 5.11 Å². The molecule has 3 heteroatoms. The highest BCUT2D eigenvalue weighted by atomic mass is 16.3. The molecule has 2 N–H and O–H groups in total. The van der Waals surface area contributed by atoms with Crippen LogP contribution in [0, 0.1) is 5.92 Å². The number of fused-ring (bicyclic) bond motifs is 1. The van der Waals surface area contributed by atoms with E-state index in [0.717, 1.165) is 18.5 Å². The Morgan fingerprint density at radius 1 is 1.33 bits per heavy atom. The van der Waals surface area contributed by atoms with Crippen LogP contribution in [0.25, 0.3) is 0 Å². The quantitative estimate of drug-likeness (QED) is 0.724. The molecule has 0 amide bonds. The molecule has 2 rings (SSSR count). The first-order chi connectivity index (χ1) is 7.35. The molecule has 0 bridgehead atoms. The van der Waals surface area contributed by atoms with E-state index in [1.54, 1.807) is 0 Å². The van der Waals surface area contributed by atoms with Crippen molar-refractivity contribution in [3.05, 3.63) is 0 Å². The lowest BCUT2D eigenvalue weighted by atomic mass is 9.91. The Kier molecular flexibility index (Phi) is 4.00. The van der Waals surface area contributed by atoms with E-state index in [4.69, 9.17) is 0 Å². The zero-order valence-corrected chi connectivity index (χ0v) is 9.78. The van der Waals surface area contributed by atoms with Crippen LogP contribution in [0.15, 0.2) is 0 Å². The van der Waals surface area contributed by atoms with Crippen LogP contribution in [0.4, 0.5) is 0 Å². The third-order valence-corrected chi connectivity index (χ3v) is 4.19. The predicted octanol–water partition coefficient (Wildman–Crippen LogP) is 0.831. The molecule has 1 aliphatic carbocycles. The Bertz CT molecular complexity index is 194. The van der Waals surface area contributed by atoms with Crippen LogP contribution in [0.1, 0.15) is 32.1 Å². The normalized spacial score (nSPS) is 34.0. The summed E-state index contributed by atoms with van der Waals surface area (Å²) in [6.07, 6.45) is 7.01. The minimum atomic E-state index is 0.254. The van der Waals surface area contributed by atoms with Gasteiger partial charge in [0.1, 0.15) is 0 Å². The maximum Gasteiger partial charge on any atom is 0.0597 e. The summed E-state index contributed by atoms with van der Waals surface area (Å²) in [5.74, 6) is 0.954. The molecule has 0 radical (unpaired) electrons. The summed E-state index contributed by atoms with van der Waals surface area (Å²) in [6.45, 7) is 2.51. The summed E-state index contributed by atoms with van der Waals surface area (Å²) < 4.78 is 0. The highest BCUT2D eigenvalue weighted by Crippen LogP contribution is 2.36. The van der Waals surface area contributed by atoms with Gasteiger partial charge < -0.3 is 10.4 Å². The van der Waals surface area contributed by atoms with Crippen LogP contribution >= 0.6 is 0 Å². The van der Waals surface area contributed by atoms with Gasteiger partial charge in [0, 0.05) is 18.6 Å². The second-order valence-electron chi connectivity index (χ2n) is 5.06. The van der Waals surface area contributed by atoms with Gasteiger partial charge in [0.15, 0.2) is 0 Å². The standard InChI is InChI=1S/C12H24N2O/c1-13-11(9-15)8-14-7-3-5-10-4-2-6-12(10)14/h10-13,15H,2-9H2,1H3. The molecule has 0 aromatic rings. The first-order valence-electron chi connectivity index (χ1n) is 6.37. The third kappa shape index (κ3) is 2.52. The minimum Gasteiger partial charge on any atom is -0.395 e. The lowest BCUT2D eigenvalue weighted by Gasteiger charge is -2.39. The third-order valence-electron chi connectivity index (χ3n) is 4.19. The molecule has 3 nitrogen and oxygen atoms in total. The smallest absolute Gasteiger partial charge is 0.0597 e. The monoisotopic (exact) mass is 212 g/mol. The van der Waals surface area contributed by atoms with Crippen LogP contribution < -0.4 is 5.32 Å². The van der Waals surface area contributed by atoms with Crippen LogP contribution in [-0.4, -0.2) is 48.8 Å². The minimum absolute atomic E-state index is 0.254. The molecule has 0 aromatic carbocycles. The van der Waals surface area contributed by atoms with E-state index in [2.05, 4.69) is 10.2 Å². The molecule has 2 aliphatic rings. The van der Waals surface area contributed by atoms with E-state index in [1.165, 1.54) is 38.6 Å². The summed E-state index contributed by atoms with van der Waals surface area (Å²) >= 11 is 0. The molecule has 3 atom stereocenters. The fourth-order valence-corrected chi connectivity index (χ4v) is 3.31. The van der Waals surface area contributed by atoms with Gasteiger partial charge in [-0.05, 0) is 45.2 Å². The van der Waals surface area contributed by atoms with Crippen molar-refractivity contribution in [2.24, 2.45) is 5.92 Å². The average Bonchev–Trinajstić information content (AvgIpc) is 2.74. The Labute approximate surface area is 92.8 Å². The second kappa shape index (κ2) is 5.28. The highest BCUT2D eigenvalue weighted by molar-refractivity contribution is 4.90. The van der Waals surface area contributed by atoms with E-state index >= 15 is 0 Å². The summed E-state index contributed by atoms with van der Waals surface area (Å²) in [6, 6.07) is 1.07. The fourth-order valence-electron chi connectivity index (χ4n) is 3.31. The highest BCUT2D eigenvalue weighted by Gasteiger charge is 2.35. The van der Waals surface area contributed by atoms with Gasteiger partial charge in [-0.25, -0.2) is 0 Å². The van der Waals surface area contributed by atoms with Crippen LogP contribution in [0.3, 0.4) is 0 Å². The number of rotatable bonds is 4. The van der Waals surface area contributed by atoms with Crippen molar-refractivity contribution >= 4 is 0 Å². The van der Waals surface area contributed by atoms with Gasteiger partial charge in [-0.2, -0.15) is 0 Å². The molecule has 1 aliphatic heterocycles. The molecule has 0 spiro atoms. The van der Waals surface area contributed by atoms with Gasteiger partial charge in [0.25, 0.3) is 0 Å². The summed E-state index contributed by atoms with van der Waals surface area (Å²) in [5.41, 5.74) is 0. The van der Waals surface area contributed by atoms with E-state index < -0.39 is 0 Å². The largest absolute Gasteiger partial charge is 0.395 e. The van der Waals surface area contributed by atoms with Crippen molar-refractivity contribution in [1.82, 2.24) is 10.2 Å². The average molecular weight is 212 g/mol. The molecule has 88 valence electrons. The van der Waals surface area contributed by atoms with Gasteiger partial charge >= 0.3 is 0 Å². The van der Waals surface area contributed by atoms with Gasteiger partial charge in [-0.3, -0.25) is 4.90 Å². The second-order valence-corrected chi connectivity index (χ2v) is 5.06. The molecule has 1 saturated carbocycles. The van der Waals surface area contributed by atoms with Gasteiger partial charge in [0.05, 0.1) is 6.61 Å². The van der Waals surface area contributed by atoms with E-state index in [-0.39, 0.29) is 12.6 Å². The Morgan fingerprint density at radius 2 is 2.13 bits per heavy atom. The van der Waals surface area contributed by atoms with Gasteiger partial charge in [0.2, 0.25) is 0 Å². The van der Waals surface area contributed by atoms with E-state index in [0.29, 0.717) is 0 Å². The van der Waals surface area contributed by atoms with Crippen molar-refractivity contribution in [3.8, 4) is 0 Å². The molecule has 1 saturated heterocycles. The Balaban J connectivity index is 1.89. The van der Waals surface area contributed by atoms with Crippen molar-refractivity contribution in [3.63, 3.8) is 0 Å². The fraction of sp³-hybridized carbons (Fsp3) is 1.00. The number of piperidine rings is 1. The topological polar surface area (TPSA) is 35.5 Å². The number of hydrogen-bond donors (Lipinski definition) is 2. The first kappa shape index (κ1) is 11.4. The van der Waals surface area contributed by atoms with E-state index in [9.17, 15) is 5.11 Å². The molecular formula is C12H24N2O. The Hall–Kier alpha value is -0.120. The van der Waals surface area contributed by atoms with E-state index in [1.807, 2.05) is 7.05 Å².